The van der Waals surface area contributed by atoms with E-state index < -0.39 is 11.7 Å². The molecule has 28 heavy (non-hydrogen) atoms. The van der Waals surface area contributed by atoms with Crippen molar-refractivity contribution in [2.45, 2.75) is 6.18 Å². The lowest BCUT2D eigenvalue weighted by atomic mass is 10.1. The molecule has 0 unspecified atom stereocenters. The molecule has 0 fully saturated rings. The van der Waals surface area contributed by atoms with Crippen molar-refractivity contribution in [3.05, 3.63) is 101 Å². The molecule has 0 N–H and O–H groups in total. The molecular formula is C24H15F3O. The van der Waals surface area contributed by atoms with Crippen molar-refractivity contribution in [2.75, 3.05) is 7.11 Å². The first-order valence-corrected chi connectivity index (χ1v) is 8.39. The molecule has 0 aromatic heterocycles. The Balaban J connectivity index is 1.68. The van der Waals surface area contributed by atoms with Crippen LogP contribution in [0.15, 0.2) is 72.8 Å². The summed E-state index contributed by atoms with van der Waals surface area (Å²) in [6.07, 6.45) is -4.34. The fraction of sp³-hybridized carbons (Fsp3) is 0.0833. The molecule has 0 aliphatic heterocycles. The summed E-state index contributed by atoms with van der Waals surface area (Å²) in [6.45, 7) is 0. The van der Waals surface area contributed by atoms with Gasteiger partial charge in [0.1, 0.15) is 5.75 Å². The van der Waals surface area contributed by atoms with Gasteiger partial charge in [0, 0.05) is 22.3 Å². The van der Waals surface area contributed by atoms with Gasteiger partial charge < -0.3 is 4.74 Å². The van der Waals surface area contributed by atoms with Gasteiger partial charge in [-0.05, 0) is 72.8 Å². The van der Waals surface area contributed by atoms with E-state index in [4.69, 9.17) is 4.74 Å². The van der Waals surface area contributed by atoms with Crippen molar-refractivity contribution in [3.63, 3.8) is 0 Å². The van der Waals surface area contributed by atoms with Gasteiger partial charge in [-0.3, -0.25) is 0 Å². The van der Waals surface area contributed by atoms with E-state index in [1.807, 2.05) is 48.5 Å². The molecule has 3 aromatic carbocycles. The SMILES string of the molecule is COc1ccc(C#Cc2ccc(C#Cc3ccc(C(F)(F)F)cc3)cc2)cc1. The zero-order valence-corrected chi connectivity index (χ0v) is 15.0. The van der Waals surface area contributed by atoms with Crippen molar-refractivity contribution >= 4 is 0 Å². The number of methoxy groups -OCH3 is 1. The molecule has 138 valence electrons. The Morgan fingerprint density at radius 2 is 0.893 bits per heavy atom. The van der Waals surface area contributed by atoms with Crippen molar-refractivity contribution in [2.24, 2.45) is 0 Å². The molecule has 0 bridgehead atoms. The predicted molar refractivity (Wildman–Crippen MR) is 103 cm³/mol. The van der Waals surface area contributed by atoms with E-state index in [9.17, 15) is 13.2 Å². The van der Waals surface area contributed by atoms with Gasteiger partial charge in [-0.25, -0.2) is 0 Å². The van der Waals surface area contributed by atoms with E-state index in [-0.39, 0.29) is 0 Å². The van der Waals surface area contributed by atoms with Gasteiger partial charge in [0.15, 0.2) is 0 Å². The molecule has 0 saturated heterocycles. The Kier molecular flexibility index (Phi) is 5.72. The van der Waals surface area contributed by atoms with Gasteiger partial charge in [-0.1, -0.05) is 23.7 Å². The maximum atomic E-state index is 12.6. The quantitative estimate of drug-likeness (QED) is 0.509. The number of benzene rings is 3. The van der Waals surface area contributed by atoms with E-state index in [0.29, 0.717) is 5.56 Å². The molecule has 0 radical (unpaired) electrons. The summed E-state index contributed by atoms with van der Waals surface area (Å²) < 4.78 is 42.8. The second kappa shape index (κ2) is 8.37. The molecule has 0 aliphatic rings. The van der Waals surface area contributed by atoms with Gasteiger partial charge in [0.25, 0.3) is 0 Å². The number of alkyl halides is 3. The van der Waals surface area contributed by atoms with E-state index >= 15 is 0 Å². The van der Waals surface area contributed by atoms with Crippen LogP contribution in [0.2, 0.25) is 0 Å². The molecule has 0 amide bonds. The second-order valence-corrected chi connectivity index (χ2v) is 5.88. The summed E-state index contributed by atoms with van der Waals surface area (Å²) in [5, 5.41) is 0. The summed E-state index contributed by atoms with van der Waals surface area (Å²) >= 11 is 0. The lowest BCUT2D eigenvalue weighted by Crippen LogP contribution is -2.04. The number of hydrogen-bond acceptors (Lipinski definition) is 1. The average Bonchev–Trinajstić information content (AvgIpc) is 2.71. The summed E-state index contributed by atoms with van der Waals surface area (Å²) in [5.74, 6) is 12.7. The van der Waals surface area contributed by atoms with Gasteiger partial charge in [-0.2, -0.15) is 13.2 Å². The molecular weight excluding hydrogens is 361 g/mol. The lowest BCUT2D eigenvalue weighted by Gasteiger charge is -2.05. The smallest absolute Gasteiger partial charge is 0.416 e. The van der Waals surface area contributed by atoms with E-state index in [1.54, 1.807) is 7.11 Å². The standard InChI is InChI=1S/C24H15F3O/c1-28-23-16-12-21(13-17-23)9-7-19-4-2-18(3-5-19)6-8-20-10-14-22(15-11-20)24(25,26)27/h2-5,10-17H,1H3. The third-order valence-electron chi connectivity index (χ3n) is 3.89. The zero-order chi connectivity index (χ0) is 20.0. The Bertz CT molecular complexity index is 1050. The number of ether oxygens (including phenoxy) is 1. The van der Waals surface area contributed by atoms with Crippen LogP contribution in [0.3, 0.4) is 0 Å². The first kappa shape index (κ1) is 19.1. The van der Waals surface area contributed by atoms with E-state index in [2.05, 4.69) is 23.7 Å². The maximum Gasteiger partial charge on any atom is 0.416 e. The highest BCUT2D eigenvalue weighted by Gasteiger charge is 2.29. The van der Waals surface area contributed by atoms with Crippen molar-refractivity contribution < 1.29 is 17.9 Å². The van der Waals surface area contributed by atoms with Gasteiger partial charge in [0.2, 0.25) is 0 Å². The third-order valence-corrected chi connectivity index (χ3v) is 3.89. The minimum atomic E-state index is -4.34. The highest BCUT2D eigenvalue weighted by atomic mass is 19.4. The van der Waals surface area contributed by atoms with Crippen molar-refractivity contribution in [3.8, 4) is 29.4 Å². The highest BCUT2D eigenvalue weighted by Crippen LogP contribution is 2.28. The fourth-order valence-corrected chi connectivity index (χ4v) is 2.34. The normalized spacial score (nSPS) is 10.3. The molecule has 3 aromatic rings. The summed E-state index contributed by atoms with van der Waals surface area (Å²) in [5.41, 5.74) is 2.33. The van der Waals surface area contributed by atoms with Crippen LogP contribution in [0.1, 0.15) is 27.8 Å². The second-order valence-electron chi connectivity index (χ2n) is 5.88. The average molecular weight is 376 g/mol. The Morgan fingerprint density at radius 1 is 0.571 bits per heavy atom. The van der Waals surface area contributed by atoms with Crippen LogP contribution < -0.4 is 4.74 Å². The molecule has 1 nitrogen and oxygen atoms in total. The summed E-state index contributed by atoms with van der Waals surface area (Å²) in [4.78, 5) is 0. The van der Waals surface area contributed by atoms with Crippen LogP contribution in [0.5, 0.6) is 5.75 Å². The monoisotopic (exact) mass is 376 g/mol. The maximum absolute atomic E-state index is 12.6. The molecule has 3 rings (SSSR count). The van der Waals surface area contributed by atoms with Crippen molar-refractivity contribution in [1.29, 1.82) is 0 Å². The Labute approximate surface area is 161 Å². The molecule has 0 aliphatic carbocycles. The summed E-state index contributed by atoms with van der Waals surface area (Å²) in [7, 11) is 1.61. The van der Waals surface area contributed by atoms with Crippen LogP contribution in [0.4, 0.5) is 13.2 Å². The molecule has 4 heteroatoms. The first-order valence-electron chi connectivity index (χ1n) is 8.39. The van der Waals surface area contributed by atoms with Gasteiger partial charge in [-0.15, -0.1) is 0 Å². The topological polar surface area (TPSA) is 9.23 Å². The first-order chi connectivity index (χ1) is 13.4. The van der Waals surface area contributed by atoms with E-state index in [0.717, 1.165) is 34.6 Å². The molecule has 0 heterocycles. The molecule has 0 saturated carbocycles. The predicted octanol–water partition coefficient (Wildman–Crippen LogP) is 5.51. The zero-order valence-electron chi connectivity index (χ0n) is 15.0. The van der Waals surface area contributed by atoms with Gasteiger partial charge >= 0.3 is 6.18 Å². The Hall–Kier alpha value is -3.63. The minimum Gasteiger partial charge on any atom is -0.497 e. The minimum absolute atomic E-state index is 0.524. The van der Waals surface area contributed by atoms with Crippen LogP contribution in [-0.4, -0.2) is 7.11 Å². The largest absolute Gasteiger partial charge is 0.497 e. The van der Waals surface area contributed by atoms with Crippen LogP contribution in [0, 0.1) is 23.7 Å². The van der Waals surface area contributed by atoms with E-state index in [1.165, 1.54) is 12.1 Å². The Morgan fingerprint density at radius 3 is 1.21 bits per heavy atom. The molecule has 0 atom stereocenters. The fourth-order valence-electron chi connectivity index (χ4n) is 2.34. The number of hydrogen-bond donors (Lipinski definition) is 0. The third kappa shape index (κ3) is 5.19. The number of rotatable bonds is 1. The number of halogens is 3. The van der Waals surface area contributed by atoms with Crippen LogP contribution >= 0.6 is 0 Å². The summed E-state index contributed by atoms with van der Waals surface area (Å²) in [6, 6.07) is 19.6. The highest BCUT2D eigenvalue weighted by molar-refractivity contribution is 5.48. The van der Waals surface area contributed by atoms with Crippen molar-refractivity contribution in [1.82, 2.24) is 0 Å². The lowest BCUT2D eigenvalue weighted by molar-refractivity contribution is -0.137. The van der Waals surface area contributed by atoms with Gasteiger partial charge in [0.05, 0.1) is 12.7 Å². The van der Waals surface area contributed by atoms with Crippen LogP contribution in [-0.2, 0) is 6.18 Å². The molecule has 0 spiro atoms. The van der Waals surface area contributed by atoms with Crippen LogP contribution in [0.25, 0.3) is 0 Å².